The van der Waals surface area contributed by atoms with Crippen LogP contribution in [0, 0.1) is 0 Å². The van der Waals surface area contributed by atoms with Crippen LogP contribution in [0.15, 0.2) is 53.6 Å². The summed E-state index contributed by atoms with van der Waals surface area (Å²) >= 11 is 5.95. The number of rotatable bonds is 4. The molecule has 0 spiro atoms. The summed E-state index contributed by atoms with van der Waals surface area (Å²) in [6.07, 6.45) is 1.58. The van der Waals surface area contributed by atoms with Gasteiger partial charge >= 0.3 is 0 Å². The Kier molecular flexibility index (Phi) is 4.63. The number of hydrogen-bond donors (Lipinski definition) is 1. The molecule has 0 aliphatic carbocycles. The Morgan fingerprint density at radius 2 is 2.00 bits per heavy atom. The minimum Gasteiger partial charge on any atom is -0.312 e. The fourth-order valence-electron chi connectivity index (χ4n) is 2.57. The molecule has 1 aliphatic heterocycles. The first-order chi connectivity index (χ1) is 11.1. The molecule has 1 saturated heterocycles. The van der Waals surface area contributed by atoms with Crippen LogP contribution in [-0.4, -0.2) is 18.2 Å². The van der Waals surface area contributed by atoms with Crippen molar-refractivity contribution in [2.24, 2.45) is 5.10 Å². The van der Waals surface area contributed by atoms with Gasteiger partial charge in [0.25, 0.3) is 0 Å². The molecular formula is C18H18ClN3O. The van der Waals surface area contributed by atoms with E-state index in [0.29, 0.717) is 11.4 Å². The van der Waals surface area contributed by atoms with Gasteiger partial charge in [0.1, 0.15) is 0 Å². The molecule has 0 radical (unpaired) electrons. The summed E-state index contributed by atoms with van der Waals surface area (Å²) in [4.78, 5) is 13.6. The van der Waals surface area contributed by atoms with Crippen molar-refractivity contribution >= 4 is 34.6 Å². The average molecular weight is 328 g/mol. The van der Waals surface area contributed by atoms with Crippen molar-refractivity contribution in [1.29, 1.82) is 0 Å². The highest BCUT2D eigenvalue weighted by atomic mass is 35.5. The fourth-order valence-corrected chi connectivity index (χ4v) is 2.76. The number of anilines is 2. The van der Waals surface area contributed by atoms with E-state index in [9.17, 15) is 4.79 Å². The van der Waals surface area contributed by atoms with Gasteiger partial charge in [-0.15, -0.1) is 0 Å². The lowest BCUT2D eigenvalue weighted by molar-refractivity contribution is -0.117. The molecule has 0 aromatic heterocycles. The van der Waals surface area contributed by atoms with Gasteiger partial charge in [0.15, 0.2) is 0 Å². The lowest BCUT2D eigenvalue weighted by Gasteiger charge is -2.15. The van der Waals surface area contributed by atoms with Crippen LogP contribution in [0.5, 0.6) is 0 Å². The summed E-state index contributed by atoms with van der Waals surface area (Å²) in [6, 6.07) is 15.3. The molecule has 4 nitrogen and oxygen atoms in total. The van der Waals surface area contributed by atoms with Gasteiger partial charge in [-0.3, -0.25) is 10.2 Å². The third-order valence-corrected chi connectivity index (χ3v) is 4.08. The third-order valence-electron chi connectivity index (χ3n) is 3.85. The summed E-state index contributed by atoms with van der Waals surface area (Å²) in [5.41, 5.74) is 6.67. The van der Waals surface area contributed by atoms with Gasteiger partial charge in [-0.1, -0.05) is 29.8 Å². The molecule has 1 amide bonds. The van der Waals surface area contributed by atoms with Gasteiger partial charge in [-0.25, -0.2) is 0 Å². The molecule has 0 saturated carbocycles. The Bertz CT molecular complexity index is 740. The maximum absolute atomic E-state index is 11.8. The van der Waals surface area contributed by atoms with Crippen molar-refractivity contribution in [3.8, 4) is 0 Å². The zero-order valence-corrected chi connectivity index (χ0v) is 13.7. The van der Waals surface area contributed by atoms with Gasteiger partial charge in [-0.05, 0) is 49.2 Å². The van der Waals surface area contributed by atoms with E-state index in [2.05, 4.69) is 10.5 Å². The molecule has 0 unspecified atom stereocenters. The van der Waals surface area contributed by atoms with Crippen LogP contribution in [0.4, 0.5) is 11.4 Å². The van der Waals surface area contributed by atoms with Crippen LogP contribution in [-0.2, 0) is 4.79 Å². The van der Waals surface area contributed by atoms with E-state index in [0.717, 1.165) is 35.6 Å². The highest BCUT2D eigenvalue weighted by Gasteiger charge is 2.21. The predicted octanol–water partition coefficient (Wildman–Crippen LogP) is 4.30. The number of hydrogen-bond acceptors (Lipinski definition) is 3. The summed E-state index contributed by atoms with van der Waals surface area (Å²) in [6.45, 7) is 2.75. The second kappa shape index (κ2) is 6.84. The summed E-state index contributed by atoms with van der Waals surface area (Å²) in [5.74, 6) is 0.200. The van der Waals surface area contributed by atoms with E-state index >= 15 is 0 Å². The molecule has 3 rings (SSSR count). The molecule has 2 aromatic rings. The van der Waals surface area contributed by atoms with E-state index in [1.165, 1.54) is 0 Å². The number of carbonyl (C=O) groups is 1. The Morgan fingerprint density at radius 3 is 2.65 bits per heavy atom. The number of nitrogens with zero attached hydrogens (tertiary/aromatic N) is 2. The van der Waals surface area contributed by atoms with E-state index < -0.39 is 0 Å². The minimum absolute atomic E-state index is 0.200. The Balaban J connectivity index is 1.71. The van der Waals surface area contributed by atoms with Crippen LogP contribution in [0.1, 0.15) is 25.3 Å². The second-order valence-corrected chi connectivity index (χ2v) is 5.95. The smallest absolute Gasteiger partial charge is 0.227 e. The largest absolute Gasteiger partial charge is 0.312 e. The van der Waals surface area contributed by atoms with Gasteiger partial charge in [0, 0.05) is 23.7 Å². The van der Waals surface area contributed by atoms with Crippen molar-refractivity contribution in [2.75, 3.05) is 16.9 Å². The molecule has 1 heterocycles. The molecule has 118 valence electrons. The van der Waals surface area contributed by atoms with Gasteiger partial charge in [0.05, 0.1) is 11.4 Å². The Hall–Kier alpha value is -2.33. The third kappa shape index (κ3) is 3.71. The molecule has 0 atom stereocenters. The number of amides is 1. The average Bonchev–Trinajstić information content (AvgIpc) is 2.99. The number of benzene rings is 2. The lowest BCUT2D eigenvalue weighted by atomic mass is 10.1. The zero-order chi connectivity index (χ0) is 16.2. The molecule has 1 fully saturated rings. The van der Waals surface area contributed by atoms with Gasteiger partial charge < -0.3 is 4.90 Å². The van der Waals surface area contributed by atoms with Crippen LogP contribution in [0.25, 0.3) is 0 Å². The molecule has 2 aromatic carbocycles. The summed E-state index contributed by atoms with van der Waals surface area (Å²) < 4.78 is 0. The number of nitrogens with one attached hydrogen (secondary N) is 1. The van der Waals surface area contributed by atoms with E-state index in [1.807, 2.05) is 60.4 Å². The fraction of sp³-hybridized carbons (Fsp3) is 0.222. The maximum atomic E-state index is 11.8. The van der Waals surface area contributed by atoms with Crippen LogP contribution in [0.3, 0.4) is 0 Å². The zero-order valence-electron chi connectivity index (χ0n) is 12.9. The Labute approximate surface area is 140 Å². The number of carbonyl (C=O) groups excluding carboxylic acids is 1. The standard InChI is InChI=1S/C18H18ClN3O/c1-13(20-21-16-5-2-4-15(19)12-16)14-7-9-17(10-8-14)22-11-3-6-18(22)23/h2,4-5,7-10,12,21H,3,6,11H2,1H3/b20-13-. The maximum Gasteiger partial charge on any atom is 0.227 e. The van der Waals surface area contributed by atoms with Crippen LogP contribution in [0.2, 0.25) is 5.02 Å². The summed E-state index contributed by atoms with van der Waals surface area (Å²) in [7, 11) is 0. The Morgan fingerprint density at radius 1 is 1.22 bits per heavy atom. The first-order valence-corrected chi connectivity index (χ1v) is 7.98. The number of halogens is 1. The van der Waals surface area contributed by atoms with Gasteiger partial charge in [0.2, 0.25) is 5.91 Å². The molecule has 23 heavy (non-hydrogen) atoms. The van der Waals surface area contributed by atoms with Crippen molar-refractivity contribution in [1.82, 2.24) is 0 Å². The predicted molar refractivity (Wildman–Crippen MR) is 95.3 cm³/mol. The molecule has 1 aliphatic rings. The number of hydrazone groups is 1. The lowest BCUT2D eigenvalue weighted by Crippen LogP contribution is -2.23. The normalized spacial score (nSPS) is 15.1. The van der Waals surface area contributed by atoms with Crippen molar-refractivity contribution < 1.29 is 4.79 Å². The first-order valence-electron chi connectivity index (χ1n) is 7.60. The van der Waals surface area contributed by atoms with Crippen LogP contribution < -0.4 is 10.3 Å². The van der Waals surface area contributed by atoms with E-state index in [-0.39, 0.29) is 5.91 Å². The van der Waals surface area contributed by atoms with E-state index in [4.69, 9.17) is 11.6 Å². The molecule has 5 heteroatoms. The first kappa shape index (κ1) is 15.6. The van der Waals surface area contributed by atoms with Crippen molar-refractivity contribution in [2.45, 2.75) is 19.8 Å². The van der Waals surface area contributed by atoms with Crippen molar-refractivity contribution in [3.05, 3.63) is 59.1 Å². The molecule has 0 bridgehead atoms. The topological polar surface area (TPSA) is 44.7 Å². The monoisotopic (exact) mass is 327 g/mol. The van der Waals surface area contributed by atoms with E-state index in [1.54, 1.807) is 0 Å². The van der Waals surface area contributed by atoms with Crippen LogP contribution >= 0.6 is 11.6 Å². The van der Waals surface area contributed by atoms with Crippen molar-refractivity contribution in [3.63, 3.8) is 0 Å². The highest BCUT2D eigenvalue weighted by Crippen LogP contribution is 2.22. The summed E-state index contributed by atoms with van der Waals surface area (Å²) in [5, 5.41) is 5.04. The highest BCUT2D eigenvalue weighted by molar-refractivity contribution is 6.30. The van der Waals surface area contributed by atoms with Gasteiger partial charge in [-0.2, -0.15) is 5.10 Å². The molecule has 1 N–H and O–H groups in total. The quantitative estimate of drug-likeness (QED) is 0.672. The SMILES string of the molecule is C/C(=N/Nc1cccc(Cl)c1)c1ccc(N2CCCC2=O)cc1. The minimum atomic E-state index is 0.200. The molecular weight excluding hydrogens is 310 g/mol. The second-order valence-electron chi connectivity index (χ2n) is 5.52.